The molecule has 0 radical (unpaired) electrons. The Morgan fingerprint density at radius 1 is 0.396 bits per heavy atom. The predicted molar refractivity (Wildman–Crippen MR) is 195 cm³/mol. The van der Waals surface area contributed by atoms with E-state index in [1.807, 2.05) is 42.5 Å². The molecule has 5 nitrogen and oxygen atoms in total. The molecule has 0 aliphatic rings. The van der Waals surface area contributed by atoms with Crippen LogP contribution in [0.2, 0.25) is 0 Å². The molecule has 0 fully saturated rings. The number of nitrogens with zero attached hydrogens (tertiary/aromatic N) is 4. The summed E-state index contributed by atoms with van der Waals surface area (Å²) >= 11 is 0. The van der Waals surface area contributed by atoms with E-state index in [1.165, 1.54) is 10.8 Å². The highest BCUT2D eigenvalue weighted by Crippen LogP contribution is 2.40. The van der Waals surface area contributed by atoms with Crippen LogP contribution < -0.4 is 0 Å². The average Bonchev–Trinajstić information content (AvgIpc) is 3.71. The summed E-state index contributed by atoms with van der Waals surface area (Å²) in [5.74, 6) is 1.82. The fourth-order valence-corrected chi connectivity index (χ4v) is 7.10. The molecule has 0 saturated heterocycles. The lowest BCUT2D eigenvalue weighted by Gasteiger charge is -2.12. The van der Waals surface area contributed by atoms with Gasteiger partial charge in [0.1, 0.15) is 11.2 Å². The number of hydrogen-bond acceptors (Lipinski definition) is 4. The topological polar surface area (TPSA) is 56.7 Å². The fraction of sp³-hybridized carbons (Fsp3) is 0. The summed E-state index contributed by atoms with van der Waals surface area (Å²) in [6.07, 6.45) is 0. The molecular weight excluding hydrogens is 589 g/mol. The lowest BCUT2D eigenvalue weighted by molar-refractivity contribution is 0.669. The van der Waals surface area contributed by atoms with Crippen molar-refractivity contribution in [3.8, 4) is 39.9 Å². The first-order chi connectivity index (χ1) is 23.8. The predicted octanol–water partition coefficient (Wildman–Crippen LogP) is 11.0. The number of benzene rings is 7. The summed E-state index contributed by atoms with van der Waals surface area (Å²) in [5.41, 5.74) is 7.75. The van der Waals surface area contributed by atoms with Crippen LogP contribution in [0.25, 0.3) is 94.4 Å². The van der Waals surface area contributed by atoms with Gasteiger partial charge in [-0.1, -0.05) is 121 Å². The third-order valence-electron chi connectivity index (χ3n) is 9.24. The van der Waals surface area contributed by atoms with Crippen LogP contribution >= 0.6 is 0 Å². The zero-order valence-electron chi connectivity index (χ0n) is 25.7. The van der Waals surface area contributed by atoms with Gasteiger partial charge in [-0.05, 0) is 47.2 Å². The van der Waals surface area contributed by atoms with Crippen LogP contribution in [0.1, 0.15) is 0 Å². The summed E-state index contributed by atoms with van der Waals surface area (Å²) in [7, 11) is 0. The van der Waals surface area contributed by atoms with Gasteiger partial charge in [0.2, 0.25) is 0 Å². The normalized spacial score (nSPS) is 11.8. The molecule has 7 aromatic carbocycles. The minimum atomic E-state index is 0.597. The first kappa shape index (κ1) is 26.6. The van der Waals surface area contributed by atoms with E-state index in [-0.39, 0.29) is 0 Å². The number of aromatic nitrogens is 4. The molecule has 10 aromatic rings. The number of hydrogen-bond donors (Lipinski definition) is 0. The molecule has 3 aromatic heterocycles. The number of para-hydroxylation sites is 3. The number of fused-ring (bicyclic) bond motifs is 8. The zero-order chi connectivity index (χ0) is 31.6. The van der Waals surface area contributed by atoms with Gasteiger partial charge in [0.25, 0.3) is 0 Å². The van der Waals surface area contributed by atoms with Gasteiger partial charge in [0.05, 0.1) is 11.0 Å². The van der Waals surface area contributed by atoms with Crippen LogP contribution in [-0.2, 0) is 0 Å². The van der Waals surface area contributed by atoms with Crippen LogP contribution in [0, 0.1) is 0 Å². The molecule has 0 spiro atoms. The maximum absolute atomic E-state index is 6.41. The minimum Gasteiger partial charge on any atom is -0.456 e. The van der Waals surface area contributed by atoms with Gasteiger partial charge in [-0.15, -0.1) is 0 Å². The highest BCUT2D eigenvalue weighted by Gasteiger charge is 2.19. The van der Waals surface area contributed by atoms with Crippen molar-refractivity contribution in [1.82, 2.24) is 19.5 Å². The number of furan rings is 1. The molecule has 0 aliphatic carbocycles. The van der Waals surface area contributed by atoms with Crippen molar-refractivity contribution >= 4 is 54.5 Å². The van der Waals surface area contributed by atoms with E-state index in [0.29, 0.717) is 17.5 Å². The Balaban J connectivity index is 1.22. The monoisotopic (exact) mass is 614 g/mol. The van der Waals surface area contributed by atoms with Gasteiger partial charge in [0.15, 0.2) is 17.5 Å². The van der Waals surface area contributed by atoms with Crippen molar-refractivity contribution in [3.05, 3.63) is 158 Å². The van der Waals surface area contributed by atoms with Crippen LogP contribution in [-0.4, -0.2) is 19.5 Å². The van der Waals surface area contributed by atoms with Gasteiger partial charge in [0, 0.05) is 43.9 Å². The molecule has 48 heavy (non-hydrogen) atoms. The third kappa shape index (κ3) is 4.08. The molecule has 0 amide bonds. The standard InChI is InChI=1S/C43H26N4O/c1-2-13-27(14-3-1)41-44-42(28-15-12-16-29(25-28)47-36-22-9-6-18-31(36)32-19-7-10-23-37(32)47)46-43(45-41)35-26-39-40(33-20-5-4-17-30(33)35)34-21-8-11-24-38(34)48-39/h1-26H. The fourth-order valence-electron chi connectivity index (χ4n) is 7.10. The van der Waals surface area contributed by atoms with Crippen molar-refractivity contribution in [2.45, 2.75) is 0 Å². The van der Waals surface area contributed by atoms with Crippen LogP contribution in [0.4, 0.5) is 0 Å². The SMILES string of the molecule is c1ccc(-c2nc(-c3cccc(-n4c5ccccc5c5ccccc54)c3)nc(-c3cc4oc5ccccc5c4c4ccccc34)n2)cc1. The van der Waals surface area contributed by atoms with Gasteiger partial charge in [-0.25, -0.2) is 15.0 Å². The summed E-state index contributed by atoms with van der Waals surface area (Å²) < 4.78 is 8.72. The second-order valence-electron chi connectivity index (χ2n) is 12.0. The summed E-state index contributed by atoms with van der Waals surface area (Å²) in [4.78, 5) is 15.3. The maximum Gasteiger partial charge on any atom is 0.164 e. The molecule has 0 atom stereocenters. The van der Waals surface area contributed by atoms with Crippen molar-refractivity contribution in [1.29, 1.82) is 0 Å². The molecule has 0 N–H and O–H groups in total. The van der Waals surface area contributed by atoms with Crippen molar-refractivity contribution in [2.24, 2.45) is 0 Å². The van der Waals surface area contributed by atoms with E-state index in [9.17, 15) is 0 Å². The van der Waals surface area contributed by atoms with Crippen LogP contribution in [0.3, 0.4) is 0 Å². The zero-order valence-corrected chi connectivity index (χ0v) is 25.7. The number of rotatable bonds is 4. The average molecular weight is 615 g/mol. The molecule has 0 aliphatic heterocycles. The second-order valence-corrected chi connectivity index (χ2v) is 12.0. The minimum absolute atomic E-state index is 0.597. The Bertz CT molecular complexity index is 2800. The Morgan fingerprint density at radius 3 is 1.71 bits per heavy atom. The van der Waals surface area contributed by atoms with E-state index < -0.39 is 0 Å². The van der Waals surface area contributed by atoms with Crippen molar-refractivity contribution < 1.29 is 4.42 Å². The van der Waals surface area contributed by atoms with Gasteiger partial charge in [-0.3, -0.25) is 0 Å². The summed E-state index contributed by atoms with van der Waals surface area (Å²) in [6.45, 7) is 0. The lowest BCUT2D eigenvalue weighted by atomic mass is 9.98. The summed E-state index contributed by atoms with van der Waals surface area (Å²) in [5, 5.41) is 6.80. The van der Waals surface area contributed by atoms with E-state index in [1.54, 1.807) is 0 Å². The molecule has 5 heteroatoms. The molecule has 0 unspecified atom stereocenters. The smallest absolute Gasteiger partial charge is 0.164 e. The Labute approximate surface area is 275 Å². The molecule has 3 heterocycles. The Hall–Kier alpha value is -6.59. The Kier molecular flexibility index (Phi) is 5.81. The van der Waals surface area contributed by atoms with Gasteiger partial charge < -0.3 is 8.98 Å². The highest BCUT2D eigenvalue weighted by molar-refractivity contribution is 6.21. The van der Waals surface area contributed by atoms with Gasteiger partial charge >= 0.3 is 0 Å². The first-order valence-electron chi connectivity index (χ1n) is 16.0. The van der Waals surface area contributed by atoms with E-state index in [4.69, 9.17) is 19.4 Å². The lowest BCUT2D eigenvalue weighted by Crippen LogP contribution is -2.01. The first-order valence-corrected chi connectivity index (χ1v) is 16.0. The molecule has 224 valence electrons. The van der Waals surface area contributed by atoms with Crippen LogP contribution in [0.15, 0.2) is 162 Å². The van der Waals surface area contributed by atoms with Crippen molar-refractivity contribution in [3.63, 3.8) is 0 Å². The second kappa shape index (κ2) is 10.5. The summed E-state index contributed by atoms with van der Waals surface area (Å²) in [6, 6.07) is 54.4. The molecule has 10 rings (SSSR count). The van der Waals surface area contributed by atoms with Crippen molar-refractivity contribution in [2.75, 3.05) is 0 Å². The van der Waals surface area contributed by atoms with E-state index >= 15 is 0 Å². The Morgan fingerprint density at radius 2 is 0.958 bits per heavy atom. The maximum atomic E-state index is 6.41. The van der Waals surface area contributed by atoms with Crippen LogP contribution in [0.5, 0.6) is 0 Å². The van der Waals surface area contributed by atoms with Gasteiger partial charge in [-0.2, -0.15) is 0 Å². The molecule has 0 saturated carbocycles. The highest BCUT2D eigenvalue weighted by atomic mass is 16.3. The van der Waals surface area contributed by atoms with E-state index in [2.05, 4.69) is 120 Å². The third-order valence-corrected chi connectivity index (χ3v) is 9.24. The largest absolute Gasteiger partial charge is 0.456 e. The van der Waals surface area contributed by atoms with E-state index in [0.717, 1.165) is 66.1 Å². The molecular formula is C43H26N4O. The molecule has 0 bridgehead atoms. The quantitative estimate of drug-likeness (QED) is 0.198.